The molecule has 0 amide bonds. The highest BCUT2D eigenvalue weighted by Gasteiger charge is 2.20. The Balaban J connectivity index is 2.46. The van der Waals surface area contributed by atoms with Gasteiger partial charge in [-0.15, -0.1) is 0 Å². The van der Waals surface area contributed by atoms with Crippen LogP contribution in [0.15, 0.2) is 41.3 Å². The van der Waals surface area contributed by atoms with E-state index in [1.807, 2.05) is 0 Å². The van der Waals surface area contributed by atoms with Crippen LogP contribution in [-0.2, 0) is 10.0 Å². The zero-order valence-corrected chi connectivity index (χ0v) is 12.0. The molecule has 0 aromatic heterocycles. The number of rotatable bonds is 3. The topological polar surface area (TPSA) is 96.0 Å². The van der Waals surface area contributed by atoms with Gasteiger partial charge >= 0.3 is 0 Å². The number of nitrogen functional groups attached to an aromatic ring is 1. The van der Waals surface area contributed by atoms with Crippen molar-refractivity contribution in [1.82, 2.24) is 0 Å². The first kappa shape index (κ1) is 15.1. The summed E-state index contributed by atoms with van der Waals surface area (Å²) in [4.78, 5) is -0.236. The van der Waals surface area contributed by atoms with E-state index in [1.54, 1.807) is 6.07 Å². The van der Waals surface area contributed by atoms with Gasteiger partial charge in [-0.25, -0.2) is 12.8 Å². The van der Waals surface area contributed by atoms with Crippen LogP contribution in [0.2, 0.25) is 5.02 Å². The SMILES string of the molecule is N#Cc1cc(N)ccc1S(=O)(=O)Nc1ccc(F)cc1Cl. The summed E-state index contributed by atoms with van der Waals surface area (Å²) >= 11 is 5.77. The number of halogens is 2. The Kier molecular flexibility index (Phi) is 4.02. The predicted octanol–water partition coefficient (Wildman–Crippen LogP) is 2.73. The molecule has 0 fully saturated rings. The fourth-order valence-electron chi connectivity index (χ4n) is 1.64. The molecule has 0 aliphatic rings. The molecule has 2 rings (SSSR count). The van der Waals surface area contributed by atoms with Gasteiger partial charge in [0, 0.05) is 5.69 Å². The second-order valence-electron chi connectivity index (χ2n) is 4.10. The number of hydrogen-bond donors (Lipinski definition) is 2. The highest BCUT2D eigenvalue weighted by Crippen LogP contribution is 2.26. The van der Waals surface area contributed by atoms with Gasteiger partial charge in [0.2, 0.25) is 0 Å². The highest BCUT2D eigenvalue weighted by molar-refractivity contribution is 7.92. The fourth-order valence-corrected chi connectivity index (χ4v) is 3.13. The van der Waals surface area contributed by atoms with E-state index in [2.05, 4.69) is 4.72 Å². The van der Waals surface area contributed by atoms with Crippen LogP contribution in [0.25, 0.3) is 0 Å². The third kappa shape index (κ3) is 3.24. The summed E-state index contributed by atoms with van der Waals surface area (Å²) in [5, 5.41) is 8.90. The molecular formula is C13H9ClFN3O2S. The van der Waals surface area contributed by atoms with Crippen molar-refractivity contribution in [2.75, 3.05) is 10.5 Å². The quantitative estimate of drug-likeness (QED) is 0.848. The smallest absolute Gasteiger partial charge is 0.263 e. The van der Waals surface area contributed by atoms with E-state index in [4.69, 9.17) is 22.6 Å². The van der Waals surface area contributed by atoms with Gasteiger partial charge in [0.1, 0.15) is 16.8 Å². The van der Waals surface area contributed by atoms with Gasteiger partial charge in [0.25, 0.3) is 10.0 Å². The van der Waals surface area contributed by atoms with Gasteiger partial charge in [0.05, 0.1) is 16.3 Å². The van der Waals surface area contributed by atoms with Crippen molar-refractivity contribution in [1.29, 1.82) is 5.26 Å². The maximum atomic E-state index is 12.9. The Labute approximate surface area is 125 Å². The largest absolute Gasteiger partial charge is 0.399 e. The molecule has 3 N–H and O–H groups in total. The lowest BCUT2D eigenvalue weighted by molar-refractivity contribution is 0.600. The zero-order chi connectivity index (χ0) is 15.6. The minimum Gasteiger partial charge on any atom is -0.399 e. The molecule has 0 saturated carbocycles. The molecule has 0 aliphatic heterocycles. The zero-order valence-electron chi connectivity index (χ0n) is 10.5. The molecule has 0 atom stereocenters. The second-order valence-corrected chi connectivity index (χ2v) is 6.16. The van der Waals surface area contributed by atoms with Crippen LogP contribution in [-0.4, -0.2) is 8.42 Å². The molecule has 0 heterocycles. The van der Waals surface area contributed by atoms with Gasteiger partial charge in [-0.2, -0.15) is 5.26 Å². The van der Waals surface area contributed by atoms with Crippen molar-refractivity contribution < 1.29 is 12.8 Å². The number of sulfonamides is 1. The van der Waals surface area contributed by atoms with Crippen molar-refractivity contribution in [3.63, 3.8) is 0 Å². The first-order chi connectivity index (χ1) is 9.83. The van der Waals surface area contributed by atoms with Crippen molar-refractivity contribution in [3.8, 4) is 6.07 Å². The number of anilines is 2. The van der Waals surface area contributed by atoms with E-state index in [0.29, 0.717) is 0 Å². The van der Waals surface area contributed by atoms with Gasteiger partial charge in [-0.1, -0.05) is 11.6 Å². The number of nitrogens with two attached hydrogens (primary N) is 1. The van der Waals surface area contributed by atoms with Gasteiger partial charge in [-0.3, -0.25) is 4.72 Å². The summed E-state index contributed by atoms with van der Waals surface area (Å²) in [7, 11) is -4.04. The van der Waals surface area contributed by atoms with Crippen molar-refractivity contribution >= 4 is 33.0 Å². The summed E-state index contributed by atoms with van der Waals surface area (Å²) in [6.45, 7) is 0. The molecule has 0 aliphatic carbocycles. The Morgan fingerprint density at radius 1 is 1.24 bits per heavy atom. The average molecular weight is 326 g/mol. The number of nitriles is 1. The van der Waals surface area contributed by atoms with E-state index < -0.39 is 15.8 Å². The van der Waals surface area contributed by atoms with Crippen LogP contribution in [0.4, 0.5) is 15.8 Å². The summed E-state index contributed by atoms with van der Waals surface area (Å²) in [6.07, 6.45) is 0. The van der Waals surface area contributed by atoms with Gasteiger partial charge in [-0.05, 0) is 36.4 Å². The molecule has 0 unspecified atom stereocenters. The van der Waals surface area contributed by atoms with Crippen LogP contribution in [0, 0.1) is 17.1 Å². The third-order valence-corrected chi connectivity index (χ3v) is 4.33. The minimum absolute atomic E-state index is 0.0128. The molecular weight excluding hydrogens is 317 g/mol. The number of hydrogen-bond acceptors (Lipinski definition) is 4. The monoisotopic (exact) mass is 325 g/mol. The maximum Gasteiger partial charge on any atom is 0.263 e. The lowest BCUT2D eigenvalue weighted by Gasteiger charge is -2.11. The number of benzene rings is 2. The lowest BCUT2D eigenvalue weighted by Crippen LogP contribution is -2.15. The van der Waals surface area contributed by atoms with Crippen LogP contribution in [0.3, 0.4) is 0 Å². The summed E-state index contributed by atoms with van der Waals surface area (Å²) in [5.74, 6) is -0.590. The van der Waals surface area contributed by atoms with E-state index in [-0.39, 0.29) is 26.9 Å². The summed E-state index contributed by atoms with van der Waals surface area (Å²) in [5.41, 5.74) is 5.70. The highest BCUT2D eigenvalue weighted by atomic mass is 35.5. The molecule has 2 aromatic rings. The van der Waals surface area contributed by atoms with E-state index in [1.165, 1.54) is 24.3 Å². The predicted molar refractivity (Wildman–Crippen MR) is 77.8 cm³/mol. The Morgan fingerprint density at radius 3 is 2.57 bits per heavy atom. The van der Waals surface area contributed by atoms with Crippen molar-refractivity contribution in [2.45, 2.75) is 4.90 Å². The summed E-state index contributed by atoms with van der Waals surface area (Å²) < 4.78 is 39.7. The fraction of sp³-hybridized carbons (Fsp3) is 0. The molecule has 21 heavy (non-hydrogen) atoms. The lowest BCUT2D eigenvalue weighted by atomic mass is 10.2. The molecule has 0 saturated heterocycles. The van der Waals surface area contributed by atoms with Crippen molar-refractivity contribution in [2.24, 2.45) is 0 Å². The molecule has 8 heteroatoms. The molecule has 0 bridgehead atoms. The Hall–Kier alpha value is -2.30. The van der Waals surface area contributed by atoms with Crippen molar-refractivity contribution in [3.05, 3.63) is 52.8 Å². The molecule has 2 aromatic carbocycles. The average Bonchev–Trinajstić information content (AvgIpc) is 2.41. The van der Waals surface area contributed by atoms with E-state index in [9.17, 15) is 12.8 Å². The van der Waals surface area contributed by atoms with Crippen LogP contribution < -0.4 is 10.5 Å². The van der Waals surface area contributed by atoms with Crippen LogP contribution in [0.1, 0.15) is 5.56 Å². The minimum atomic E-state index is -4.04. The summed E-state index contributed by atoms with van der Waals surface area (Å²) in [6, 6.07) is 8.83. The molecule has 0 spiro atoms. The van der Waals surface area contributed by atoms with E-state index >= 15 is 0 Å². The number of nitrogens with one attached hydrogen (secondary N) is 1. The first-order valence-corrected chi connectivity index (χ1v) is 7.47. The Bertz CT molecular complexity index is 847. The second kappa shape index (κ2) is 5.60. The van der Waals surface area contributed by atoms with Crippen LogP contribution >= 0.6 is 11.6 Å². The van der Waals surface area contributed by atoms with Crippen LogP contribution in [0.5, 0.6) is 0 Å². The standard InChI is InChI=1S/C13H9ClFN3O2S/c14-11-6-9(15)1-3-12(11)18-21(19,20)13-4-2-10(17)5-8(13)7-16/h1-6,18H,17H2. The van der Waals surface area contributed by atoms with E-state index in [0.717, 1.165) is 12.1 Å². The molecule has 0 radical (unpaired) electrons. The first-order valence-electron chi connectivity index (χ1n) is 5.61. The molecule has 5 nitrogen and oxygen atoms in total. The maximum absolute atomic E-state index is 12.9. The van der Waals surface area contributed by atoms with Gasteiger partial charge in [0.15, 0.2) is 0 Å². The third-order valence-electron chi connectivity index (χ3n) is 2.59. The number of nitrogens with zero attached hydrogens (tertiary/aromatic N) is 1. The normalized spacial score (nSPS) is 10.9. The Morgan fingerprint density at radius 2 is 1.95 bits per heavy atom. The van der Waals surface area contributed by atoms with Gasteiger partial charge < -0.3 is 5.73 Å². The molecule has 108 valence electrons.